The summed E-state index contributed by atoms with van der Waals surface area (Å²) in [7, 11) is 0. The molecule has 1 aromatic rings. The van der Waals surface area contributed by atoms with Crippen molar-refractivity contribution in [1.29, 1.82) is 0 Å². The lowest BCUT2D eigenvalue weighted by molar-refractivity contribution is -0.123. The van der Waals surface area contributed by atoms with E-state index in [2.05, 4.69) is 43.0 Å². The van der Waals surface area contributed by atoms with Gasteiger partial charge in [0.25, 0.3) is 0 Å². The van der Waals surface area contributed by atoms with Crippen LogP contribution in [0, 0.1) is 0 Å². The molecule has 0 aliphatic carbocycles. The second-order valence-corrected chi connectivity index (χ2v) is 4.88. The van der Waals surface area contributed by atoms with E-state index in [-0.39, 0.29) is 0 Å². The summed E-state index contributed by atoms with van der Waals surface area (Å²) in [5.74, 6) is 0.424. The van der Waals surface area contributed by atoms with Gasteiger partial charge in [0.2, 0.25) is 0 Å². The fraction of sp³-hybridized carbons (Fsp3) is 0.533. The number of likely N-dealkylation sites (tertiary alicyclic amines) is 1. The number of hydrogen-bond acceptors (Lipinski definition) is 2. The van der Waals surface area contributed by atoms with Crippen LogP contribution in [0.1, 0.15) is 44.7 Å². The van der Waals surface area contributed by atoms with Crippen molar-refractivity contribution < 1.29 is 4.79 Å². The number of Topliss-reactive ketones (excluding diaryl/α,β-unsaturated/α-hetero) is 1. The van der Waals surface area contributed by atoms with E-state index in [1.54, 1.807) is 0 Å². The van der Waals surface area contributed by atoms with Gasteiger partial charge in [0.1, 0.15) is 5.78 Å². The monoisotopic (exact) mass is 231 g/mol. The zero-order valence-electron chi connectivity index (χ0n) is 10.7. The Labute approximate surface area is 104 Å². The first kappa shape index (κ1) is 12.3. The van der Waals surface area contributed by atoms with Crippen molar-refractivity contribution in [2.24, 2.45) is 0 Å². The van der Waals surface area contributed by atoms with Gasteiger partial charge in [0.15, 0.2) is 0 Å². The Kier molecular flexibility index (Phi) is 3.95. The average molecular weight is 231 g/mol. The number of rotatable bonds is 3. The Morgan fingerprint density at radius 1 is 1.35 bits per heavy atom. The molecule has 1 aliphatic heterocycles. The zero-order valence-corrected chi connectivity index (χ0v) is 10.7. The van der Waals surface area contributed by atoms with Gasteiger partial charge in [-0.15, -0.1) is 0 Å². The Hall–Kier alpha value is -1.15. The third kappa shape index (κ3) is 2.75. The third-order valence-corrected chi connectivity index (χ3v) is 3.83. The summed E-state index contributed by atoms with van der Waals surface area (Å²) in [4.78, 5) is 14.0. The number of carbonyl (C=O) groups excluding carboxylic acids is 1. The molecular formula is C15H21NO. The van der Waals surface area contributed by atoms with Gasteiger partial charge in [-0.2, -0.15) is 0 Å². The summed E-state index contributed by atoms with van der Waals surface area (Å²) >= 11 is 0. The van der Waals surface area contributed by atoms with Gasteiger partial charge in [-0.1, -0.05) is 37.3 Å². The van der Waals surface area contributed by atoms with Crippen molar-refractivity contribution in [3.05, 3.63) is 35.9 Å². The molecular weight excluding hydrogens is 210 g/mol. The van der Waals surface area contributed by atoms with Crippen molar-refractivity contribution in [1.82, 2.24) is 4.90 Å². The highest BCUT2D eigenvalue weighted by Gasteiger charge is 2.29. The standard InChI is InChI=1S/C15H21NO/c1-3-14-11-15(17)9-10-16(14)12(2)13-7-5-4-6-8-13/h4-8,12,14H,3,9-11H2,1-2H3/t12-,14?/m0/s1. The Morgan fingerprint density at radius 3 is 2.71 bits per heavy atom. The van der Waals surface area contributed by atoms with E-state index in [1.807, 2.05) is 6.07 Å². The van der Waals surface area contributed by atoms with Crippen LogP contribution in [0.4, 0.5) is 0 Å². The van der Waals surface area contributed by atoms with E-state index in [1.165, 1.54) is 5.56 Å². The average Bonchev–Trinajstić information content (AvgIpc) is 2.39. The lowest BCUT2D eigenvalue weighted by Gasteiger charge is -2.39. The number of ketones is 1. The zero-order chi connectivity index (χ0) is 12.3. The molecule has 2 nitrogen and oxygen atoms in total. The second-order valence-electron chi connectivity index (χ2n) is 4.88. The molecule has 0 radical (unpaired) electrons. The molecule has 2 heteroatoms. The molecule has 17 heavy (non-hydrogen) atoms. The molecule has 0 aromatic heterocycles. The van der Waals surface area contributed by atoms with Crippen LogP contribution in [0.5, 0.6) is 0 Å². The van der Waals surface area contributed by atoms with Gasteiger partial charge in [-0.25, -0.2) is 0 Å². The van der Waals surface area contributed by atoms with Crippen LogP contribution in [0.2, 0.25) is 0 Å². The molecule has 0 N–H and O–H groups in total. The summed E-state index contributed by atoms with van der Waals surface area (Å²) in [5.41, 5.74) is 1.35. The van der Waals surface area contributed by atoms with Crippen molar-refractivity contribution >= 4 is 5.78 Å². The number of benzene rings is 1. The quantitative estimate of drug-likeness (QED) is 0.796. The highest BCUT2D eigenvalue weighted by molar-refractivity contribution is 5.80. The van der Waals surface area contributed by atoms with E-state index in [4.69, 9.17) is 0 Å². The number of carbonyl (C=O) groups is 1. The maximum atomic E-state index is 11.5. The van der Waals surface area contributed by atoms with Crippen LogP contribution in [-0.2, 0) is 4.79 Å². The summed E-state index contributed by atoms with van der Waals surface area (Å²) in [6.07, 6.45) is 2.50. The third-order valence-electron chi connectivity index (χ3n) is 3.83. The summed E-state index contributed by atoms with van der Waals surface area (Å²) in [5, 5.41) is 0. The molecule has 1 saturated heterocycles. The summed E-state index contributed by atoms with van der Waals surface area (Å²) < 4.78 is 0. The molecule has 1 aliphatic rings. The topological polar surface area (TPSA) is 20.3 Å². The Bertz CT molecular complexity index is 374. The normalized spacial score (nSPS) is 23.6. The maximum Gasteiger partial charge on any atom is 0.135 e. The molecule has 1 aromatic carbocycles. The van der Waals surface area contributed by atoms with E-state index >= 15 is 0 Å². The van der Waals surface area contributed by atoms with Crippen LogP contribution in [0.3, 0.4) is 0 Å². The van der Waals surface area contributed by atoms with Crippen molar-refractivity contribution in [2.75, 3.05) is 6.54 Å². The predicted molar refractivity (Wildman–Crippen MR) is 69.9 cm³/mol. The lowest BCUT2D eigenvalue weighted by Crippen LogP contribution is -2.43. The smallest absolute Gasteiger partial charge is 0.135 e. The number of piperidine rings is 1. The van der Waals surface area contributed by atoms with Crippen LogP contribution in [0.25, 0.3) is 0 Å². The van der Waals surface area contributed by atoms with Crippen molar-refractivity contribution in [3.8, 4) is 0 Å². The van der Waals surface area contributed by atoms with Crippen molar-refractivity contribution in [3.63, 3.8) is 0 Å². The van der Waals surface area contributed by atoms with Crippen LogP contribution >= 0.6 is 0 Å². The minimum absolute atomic E-state index is 0.411. The van der Waals surface area contributed by atoms with Gasteiger partial charge in [0.05, 0.1) is 0 Å². The first-order chi connectivity index (χ1) is 8.22. The minimum atomic E-state index is 0.411. The van der Waals surface area contributed by atoms with Gasteiger partial charge in [-0.05, 0) is 18.9 Å². The largest absolute Gasteiger partial charge is 0.300 e. The second kappa shape index (κ2) is 5.46. The Balaban J connectivity index is 2.13. The molecule has 1 unspecified atom stereocenters. The van der Waals surface area contributed by atoms with Gasteiger partial charge in [-0.3, -0.25) is 9.69 Å². The fourth-order valence-corrected chi connectivity index (χ4v) is 2.73. The van der Waals surface area contributed by atoms with Gasteiger partial charge >= 0.3 is 0 Å². The summed E-state index contributed by atoms with van der Waals surface area (Å²) in [6, 6.07) is 11.4. The van der Waals surface area contributed by atoms with E-state index in [0.29, 0.717) is 24.3 Å². The van der Waals surface area contributed by atoms with Crippen LogP contribution in [0.15, 0.2) is 30.3 Å². The summed E-state index contributed by atoms with van der Waals surface area (Å²) in [6.45, 7) is 5.33. The maximum absolute atomic E-state index is 11.5. The predicted octanol–water partition coefficient (Wildman–Crippen LogP) is 3.19. The van der Waals surface area contributed by atoms with E-state index < -0.39 is 0 Å². The number of hydrogen-bond donors (Lipinski definition) is 0. The minimum Gasteiger partial charge on any atom is -0.300 e. The van der Waals surface area contributed by atoms with Crippen LogP contribution in [-0.4, -0.2) is 23.3 Å². The van der Waals surface area contributed by atoms with E-state index in [0.717, 1.165) is 19.4 Å². The van der Waals surface area contributed by atoms with E-state index in [9.17, 15) is 4.79 Å². The SMILES string of the molecule is CCC1CC(=O)CCN1[C@@H](C)c1ccccc1. The fourth-order valence-electron chi connectivity index (χ4n) is 2.73. The first-order valence-electron chi connectivity index (χ1n) is 6.54. The molecule has 0 spiro atoms. The molecule has 2 rings (SSSR count). The Morgan fingerprint density at radius 2 is 2.06 bits per heavy atom. The first-order valence-corrected chi connectivity index (χ1v) is 6.54. The number of nitrogens with zero attached hydrogens (tertiary/aromatic N) is 1. The van der Waals surface area contributed by atoms with Gasteiger partial charge < -0.3 is 0 Å². The molecule has 0 bridgehead atoms. The highest BCUT2D eigenvalue weighted by atomic mass is 16.1. The van der Waals surface area contributed by atoms with Crippen molar-refractivity contribution in [2.45, 2.75) is 45.2 Å². The molecule has 1 heterocycles. The molecule has 0 amide bonds. The van der Waals surface area contributed by atoms with Crippen LogP contribution < -0.4 is 0 Å². The van der Waals surface area contributed by atoms with Gasteiger partial charge in [0, 0.05) is 31.5 Å². The molecule has 92 valence electrons. The molecule has 1 fully saturated rings. The molecule has 2 atom stereocenters. The molecule has 0 saturated carbocycles. The highest BCUT2D eigenvalue weighted by Crippen LogP contribution is 2.28. The lowest BCUT2D eigenvalue weighted by atomic mass is 9.95.